The van der Waals surface area contributed by atoms with Crippen molar-refractivity contribution in [3.05, 3.63) is 117 Å². The number of aromatic nitrogens is 2. The second-order valence-electron chi connectivity index (χ2n) is 11.4. The summed E-state index contributed by atoms with van der Waals surface area (Å²) < 4.78 is 0.934. The molecular formula is C34H36N4O6. The molecule has 1 aliphatic rings. The molecule has 1 fully saturated rings. The van der Waals surface area contributed by atoms with Gasteiger partial charge >= 0.3 is 11.7 Å². The predicted molar refractivity (Wildman–Crippen MR) is 166 cm³/mol. The molecule has 0 bridgehead atoms. The van der Waals surface area contributed by atoms with E-state index in [0.29, 0.717) is 37.7 Å². The molecule has 228 valence electrons. The maximum absolute atomic E-state index is 14.0. The van der Waals surface area contributed by atoms with Crippen molar-refractivity contribution >= 4 is 28.7 Å². The van der Waals surface area contributed by atoms with Crippen LogP contribution in [0.3, 0.4) is 0 Å². The van der Waals surface area contributed by atoms with E-state index in [2.05, 4.69) is 15.6 Å². The second-order valence-corrected chi connectivity index (χ2v) is 11.4. The van der Waals surface area contributed by atoms with E-state index in [-0.39, 0.29) is 36.0 Å². The van der Waals surface area contributed by atoms with E-state index < -0.39 is 35.2 Å². The Hall–Kier alpha value is -4.99. The largest absolute Gasteiger partial charge is 0.481 e. The number of carboxylic acid groups (broad SMARTS) is 1. The summed E-state index contributed by atoms with van der Waals surface area (Å²) in [4.78, 5) is 68.5. The second kappa shape index (κ2) is 14.0. The number of aromatic amines is 1. The molecular weight excluding hydrogens is 560 g/mol. The Morgan fingerprint density at radius 2 is 1.39 bits per heavy atom. The van der Waals surface area contributed by atoms with Crippen LogP contribution in [0, 0.1) is 11.8 Å². The minimum absolute atomic E-state index is 0.0560. The van der Waals surface area contributed by atoms with Gasteiger partial charge in [0.25, 0.3) is 5.56 Å². The number of benzene rings is 3. The van der Waals surface area contributed by atoms with Crippen LogP contribution in [0.25, 0.3) is 10.9 Å². The number of amides is 2. The fourth-order valence-corrected chi connectivity index (χ4v) is 5.91. The fraction of sp³-hybridized carbons (Fsp3) is 0.324. The van der Waals surface area contributed by atoms with Crippen molar-refractivity contribution in [3.63, 3.8) is 0 Å². The smallest absolute Gasteiger partial charge is 0.329 e. The molecule has 1 aromatic heterocycles. The minimum atomic E-state index is -1.23. The molecule has 2 unspecified atom stereocenters. The van der Waals surface area contributed by atoms with Crippen LogP contribution in [0.5, 0.6) is 0 Å². The quantitative estimate of drug-likeness (QED) is 0.209. The number of carbonyl (C=O) groups excluding carboxylic acids is 2. The molecule has 0 aliphatic heterocycles. The number of nitrogens with one attached hydrogen (secondary N) is 3. The van der Waals surface area contributed by atoms with Gasteiger partial charge in [0, 0.05) is 19.4 Å². The Bertz CT molecular complexity index is 1730. The van der Waals surface area contributed by atoms with Gasteiger partial charge in [-0.25, -0.2) is 9.36 Å². The first-order valence-electron chi connectivity index (χ1n) is 14.9. The average molecular weight is 597 g/mol. The normalized spacial score (nSPS) is 17.8. The van der Waals surface area contributed by atoms with Gasteiger partial charge in [0.2, 0.25) is 11.8 Å². The van der Waals surface area contributed by atoms with Crippen molar-refractivity contribution in [2.45, 2.75) is 50.6 Å². The molecule has 2 atom stereocenters. The summed E-state index contributed by atoms with van der Waals surface area (Å²) in [7, 11) is 0. The number of carbonyl (C=O) groups is 3. The first-order valence-corrected chi connectivity index (χ1v) is 14.9. The lowest BCUT2D eigenvalue weighted by atomic mass is 9.82. The molecule has 4 N–H and O–H groups in total. The van der Waals surface area contributed by atoms with Crippen LogP contribution in [-0.2, 0) is 27.2 Å². The zero-order valence-corrected chi connectivity index (χ0v) is 24.3. The highest BCUT2D eigenvalue weighted by Crippen LogP contribution is 2.28. The monoisotopic (exact) mass is 596 g/mol. The van der Waals surface area contributed by atoms with E-state index in [9.17, 15) is 29.1 Å². The van der Waals surface area contributed by atoms with E-state index in [1.165, 1.54) is 0 Å². The highest BCUT2D eigenvalue weighted by atomic mass is 16.4. The van der Waals surface area contributed by atoms with E-state index in [1.807, 2.05) is 60.7 Å². The van der Waals surface area contributed by atoms with Gasteiger partial charge in [-0.15, -0.1) is 0 Å². The topological polar surface area (TPSA) is 150 Å². The molecule has 10 nitrogen and oxygen atoms in total. The fourth-order valence-electron chi connectivity index (χ4n) is 5.91. The summed E-state index contributed by atoms with van der Waals surface area (Å²) in [6.07, 6.45) is 2.78. The molecule has 1 saturated carbocycles. The van der Waals surface area contributed by atoms with Gasteiger partial charge in [-0.3, -0.25) is 19.2 Å². The zero-order valence-electron chi connectivity index (χ0n) is 24.3. The molecule has 0 spiro atoms. The number of fused-ring (bicyclic) bond motifs is 1. The van der Waals surface area contributed by atoms with Crippen molar-refractivity contribution in [2.24, 2.45) is 11.8 Å². The first kappa shape index (κ1) is 30.5. The number of hydrogen-bond donors (Lipinski definition) is 4. The molecule has 5 rings (SSSR count). The minimum Gasteiger partial charge on any atom is -0.481 e. The predicted octanol–water partition coefficient (Wildman–Crippen LogP) is 3.21. The number of carboxylic acids is 1. The van der Waals surface area contributed by atoms with Crippen LogP contribution in [0.15, 0.2) is 94.5 Å². The number of H-pyrrole nitrogens is 1. The molecule has 0 radical (unpaired) electrons. The van der Waals surface area contributed by atoms with Crippen molar-refractivity contribution in [1.82, 2.24) is 20.2 Å². The van der Waals surface area contributed by atoms with Gasteiger partial charge in [-0.05, 0) is 54.9 Å². The third-order valence-corrected chi connectivity index (χ3v) is 8.40. The van der Waals surface area contributed by atoms with E-state index in [0.717, 1.165) is 15.7 Å². The number of nitrogens with zero attached hydrogens (tertiary/aromatic N) is 1. The molecule has 0 saturated heterocycles. The lowest BCUT2D eigenvalue weighted by molar-refractivity contribution is -0.143. The Morgan fingerprint density at radius 3 is 2.02 bits per heavy atom. The summed E-state index contributed by atoms with van der Waals surface area (Å²) in [5.74, 6) is -2.01. The van der Waals surface area contributed by atoms with Gasteiger partial charge in [-0.2, -0.15) is 0 Å². The van der Waals surface area contributed by atoms with Crippen LogP contribution < -0.4 is 21.9 Å². The molecule has 44 heavy (non-hydrogen) atoms. The van der Waals surface area contributed by atoms with Crippen LogP contribution in [0.4, 0.5) is 0 Å². The molecule has 10 heteroatoms. The van der Waals surface area contributed by atoms with Gasteiger partial charge in [0.05, 0.1) is 16.8 Å². The van der Waals surface area contributed by atoms with E-state index >= 15 is 0 Å². The van der Waals surface area contributed by atoms with Gasteiger partial charge in [-0.1, -0.05) is 72.8 Å². The lowest BCUT2D eigenvalue weighted by Gasteiger charge is -2.27. The van der Waals surface area contributed by atoms with Crippen LogP contribution >= 0.6 is 0 Å². The summed E-state index contributed by atoms with van der Waals surface area (Å²) in [6.45, 7) is 0.365. The summed E-state index contributed by atoms with van der Waals surface area (Å²) in [5.41, 5.74) is 0.631. The third-order valence-electron chi connectivity index (χ3n) is 8.40. The average Bonchev–Trinajstić information content (AvgIpc) is 3.04. The van der Waals surface area contributed by atoms with E-state index in [1.54, 1.807) is 24.3 Å². The standard InChI is InChI=1S/C34H36N4O6/c39-30(35-21-24-15-17-25(18-16-24)33(42)43)28(19-22-9-3-1-4-10-22)36-31(40)29(20-23-11-5-2-6-12-23)38-32(41)26-13-7-8-14-27(26)37-34(38)44/h1-14,24-25,28-29H,15-21H2,(H,35,39)(H,36,40)(H,37,44)(H,42,43). The lowest BCUT2D eigenvalue weighted by Crippen LogP contribution is -2.53. The van der Waals surface area contributed by atoms with Crippen LogP contribution in [0.2, 0.25) is 0 Å². The van der Waals surface area contributed by atoms with Crippen molar-refractivity contribution in [3.8, 4) is 0 Å². The highest BCUT2D eigenvalue weighted by Gasteiger charge is 2.31. The molecule has 2 amide bonds. The summed E-state index contributed by atoms with van der Waals surface area (Å²) in [6, 6.07) is 22.8. The molecule has 4 aromatic rings. The van der Waals surface area contributed by atoms with Crippen molar-refractivity contribution in [1.29, 1.82) is 0 Å². The van der Waals surface area contributed by atoms with Crippen molar-refractivity contribution < 1.29 is 19.5 Å². The number of para-hydroxylation sites is 1. The molecule has 1 aliphatic carbocycles. The highest BCUT2D eigenvalue weighted by molar-refractivity contribution is 5.89. The number of rotatable bonds is 11. The first-order chi connectivity index (χ1) is 21.3. The molecule has 3 aromatic carbocycles. The van der Waals surface area contributed by atoms with Crippen LogP contribution in [0.1, 0.15) is 42.9 Å². The van der Waals surface area contributed by atoms with Gasteiger partial charge in [0.1, 0.15) is 12.1 Å². The van der Waals surface area contributed by atoms with Crippen LogP contribution in [-0.4, -0.2) is 45.0 Å². The third kappa shape index (κ3) is 7.31. The number of aliphatic carboxylic acids is 1. The SMILES string of the molecule is O=C(O)C1CCC(CNC(=O)C(Cc2ccccc2)NC(=O)C(Cc2ccccc2)n2c(=O)[nH]c3ccccc3c2=O)CC1. The summed E-state index contributed by atoms with van der Waals surface area (Å²) >= 11 is 0. The Morgan fingerprint density at radius 1 is 0.795 bits per heavy atom. The van der Waals surface area contributed by atoms with Gasteiger partial charge < -0.3 is 20.7 Å². The van der Waals surface area contributed by atoms with Crippen molar-refractivity contribution in [2.75, 3.05) is 6.54 Å². The number of hydrogen-bond acceptors (Lipinski definition) is 5. The van der Waals surface area contributed by atoms with E-state index in [4.69, 9.17) is 0 Å². The maximum atomic E-state index is 14.0. The van der Waals surface area contributed by atoms with Gasteiger partial charge in [0.15, 0.2) is 0 Å². The zero-order chi connectivity index (χ0) is 31.1. The summed E-state index contributed by atoms with van der Waals surface area (Å²) in [5, 5.41) is 15.4. The molecule has 1 heterocycles. The Labute approximate surface area is 254 Å². The maximum Gasteiger partial charge on any atom is 0.329 e. The Balaban J connectivity index is 1.41. The Kier molecular flexibility index (Phi) is 9.69.